The normalized spacial score (nSPS) is 14.9. The second kappa shape index (κ2) is 9.68. The first kappa shape index (κ1) is 22.3. The molecule has 0 saturated carbocycles. The monoisotopic (exact) mass is 484 g/mol. The number of carbonyl (C=O) groups excluding carboxylic acids is 3. The highest BCUT2D eigenvalue weighted by molar-refractivity contribution is 8.18. The van der Waals surface area contributed by atoms with Crippen LogP contribution in [0.5, 0.6) is 0 Å². The molecule has 3 aromatic rings. The standard InChI is InChI=1S/C23H17ClN2O4S2/c1-14-2-6-16(7-3-14)25-20(27)13-26-22(28)19(32-23(26)29)12-17-8-11-21(30-17)31-18-9-4-15(24)5-10-18/h2-12H,13H2,1H3,(H,25,27)/b19-12+. The van der Waals surface area contributed by atoms with Gasteiger partial charge < -0.3 is 9.73 Å². The van der Waals surface area contributed by atoms with Crippen molar-refractivity contribution < 1.29 is 18.8 Å². The Kier molecular flexibility index (Phi) is 6.74. The summed E-state index contributed by atoms with van der Waals surface area (Å²) in [5.74, 6) is -0.532. The molecule has 1 fully saturated rings. The third kappa shape index (κ3) is 5.45. The summed E-state index contributed by atoms with van der Waals surface area (Å²) in [6.07, 6.45) is 1.51. The number of benzene rings is 2. The van der Waals surface area contributed by atoms with Crippen molar-refractivity contribution in [1.29, 1.82) is 0 Å². The van der Waals surface area contributed by atoms with Gasteiger partial charge in [0.25, 0.3) is 11.1 Å². The molecular formula is C23H17ClN2O4S2. The lowest BCUT2D eigenvalue weighted by Gasteiger charge is -2.12. The molecule has 0 atom stereocenters. The average molecular weight is 485 g/mol. The van der Waals surface area contributed by atoms with Gasteiger partial charge in [0.1, 0.15) is 12.3 Å². The fraction of sp³-hybridized carbons (Fsp3) is 0.0870. The Balaban J connectivity index is 1.39. The number of rotatable bonds is 6. The summed E-state index contributed by atoms with van der Waals surface area (Å²) < 4.78 is 5.75. The number of carbonyl (C=O) groups is 3. The molecule has 2 aromatic carbocycles. The van der Waals surface area contributed by atoms with Crippen LogP contribution < -0.4 is 5.32 Å². The maximum absolute atomic E-state index is 12.7. The third-order valence-electron chi connectivity index (χ3n) is 4.42. The fourth-order valence-corrected chi connectivity index (χ4v) is 4.55. The van der Waals surface area contributed by atoms with Gasteiger partial charge in [0.2, 0.25) is 5.91 Å². The Hall–Kier alpha value is -2.94. The van der Waals surface area contributed by atoms with E-state index < -0.39 is 17.1 Å². The van der Waals surface area contributed by atoms with Crippen molar-refractivity contribution in [2.24, 2.45) is 0 Å². The molecule has 0 radical (unpaired) electrons. The van der Waals surface area contributed by atoms with Crippen LogP contribution in [0.4, 0.5) is 10.5 Å². The zero-order valence-electron chi connectivity index (χ0n) is 16.8. The van der Waals surface area contributed by atoms with Gasteiger partial charge in [-0.3, -0.25) is 19.3 Å². The van der Waals surface area contributed by atoms with Crippen LogP contribution >= 0.6 is 35.1 Å². The number of hydrogen-bond donors (Lipinski definition) is 1. The molecule has 0 spiro atoms. The molecule has 32 heavy (non-hydrogen) atoms. The molecule has 1 aromatic heterocycles. The Labute approximate surface area is 198 Å². The lowest BCUT2D eigenvalue weighted by molar-refractivity contribution is -0.127. The van der Waals surface area contributed by atoms with E-state index in [9.17, 15) is 14.4 Å². The summed E-state index contributed by atoms with van der Waals surface area (Å²) in [6.45, 7) is 1.59. The molecule has 1 N–H and O–H groups in total. The van der Waals surface area contributed by atoms with Crippen LogP contribution in [-0.4, -0.2) is 28.5 Å². The van der Waals surface area contributed by atoms with E-state index in [0.29, 0.717) is 21.6 Å². The van der Waals surface area contributed by atoms with Gasteiger partial charge in [0, 0.05) is 21.7 Å². The van der Waals surface area contributed by atoms with Crippen molar-refractivity contribution in [2.45, 2.75) is 16.9 Å². The summed E-state index contributed by atoms with van der Waals surface area (Å²) in [6, 6.07) is 18.1. The van der Waals surface area contributed by atoms with Crippen molar-refractivity contribution >= 4 is 63.9 Å². The molecule has 0 bridgehead atoms. The van der Waals surface area contributed by atoms with Crippen LogP contribution in [-0.2, 0) is 9.59 Å². The first-order chi connectivity index (χ1) is 15.4. The summed E-state index contributed by atoms with van der Waals surface area (Å²) in [7, 11) is 0. The molecule has 1 saturated heterocycles. The smallest absolute Gasteiger partial charge is 0.294 e. The molecule has 0 aliphatic carbocycles. The van der Waals surface area contributed by atoms with Gasteiger partial charge in [-0.1, -0.05) is 41.1 Å². The van der Waals surface area contributed by atoms with Gasteiger partial charge in [-0.15, -0.1) is 0 Å². The molecule has 1 aliphatic heterocycles. The van der Waals surface area contributed by atoms with Gasteiger partial charge in [0.15, 0.2) is 5.09 Å². The Morgan fingerprint density at radius 1 is 1.09 bits per heavy atom. The molecule has 4 rings (SSSR count). The Morgan fingerprint density at radius 3 is 2.53 bits per heavy atom. The van der Waals surface area contributed by atoms with Crippen molar-refractivity contribution in [3.8, 4) is 0 Å². The lowest BCUT2D eigenvalue weighted by Crippen LogP contribution is -2.36. The van der Waals surface area contributed by atoms with Crippen LogP contribution in [0.15, 0.2) is 80.0 Å². The van der Waals surface area contributed by atoms with Crippen molar-refractivity contribution in [1.82, 2.24) is 4.90 Å². The summed E-state index contributed by atoms with van der Waals surface area (Å²) >= 11 is 8.09. The van der Waals surface area contributed by atoms with Crippen molar-refractivity contribution in [3.05, 3.63) is 81.9 Å². The molecule has 2 heterocycles. The number of furan rings is 1. The maximum atomic E-state index is 12.7. The number of nitrogens with one attached hydrogen (secondary N) is 1. The van der Waals surface area contributed by atoms with E-state index in [1.807, 2.05) is 31.2 Å². The number of hydrogen-bond acceptors (Lipinski definition) is 6. The van der Waals surface area contributed by atoms with E-state index in [1.165, 1.54) is 17.8 Å². The first-order valence-corrected chi connectivity index (χ1v) is 11.5. The van der Waals surface area contributed by atoms with E-state index in [0.717, 1.165) is 27.1 Å². The largest absolute Gasteiger partial charge is 0.450 e. The van der Waals surface area contributed by atoms with Crippen LogP contribution in [0.3, 0.4) is 0 Å². The van der Waals surface area contributed by atoms with E-state index in [2.05, 4.69) is 5.32 Å². The van der Waals surface area contributed by atoms with E-state index in [1.54, 1.807) is 36.4 Å². The number of halogens is 1. The van der Waals surface area contributed by atoms with Crippen LogP contribution in [0.1, 0.15) is 11.3 Å². The zero-order valence-corrected chi connectivity index (χ0v) is 19.2. The average Bonchev–Trinajstić information content (AvgIpc) is 3.31. The molecule has 162 valence electrons. The molecular weight excluding hydrogens is 468 g/mol. The molecule has 1 aliphatic rings. The zero-order chi connectivity index (χ0) is 22.7. The number of thioether (sulfide) groups is 1. The van der Waals surface area contributed by atoms with Gasteiger partial charge in [0.05, 0.1) is 4.91 Å². The minimum absolute atomic E-state index is 0.204. The topological polar surface area (TPSA) is 79.6 Å². The van der Waals surface area contributed by atoms with Gasteiger partial charge in [-0.2, -0.15) is 0 Å². The predicted molar refractivity (Wildman–Crippen MR) is 127 cm³/mol. The summed E-state index contributed by atoms with van der Waals surface area (Å²) in [5.41, 5.74) is 1.66. The van der Waals surface area contributed by atoms with Crippen LogP contribution in [0.2, 0.25) is 5.02 Å². The van der Waals surface area contributed by atoms with E-state index >= 15 is 0 Å². The Morgan fingerprint density at radius 2 is 1.81 bits per heavy atom. The SMILES string of the molecule is Cc1ccc(NC(=O)CN2C(=O)S/C(=C/c3ccc(Sc4ccc(Cl)cc4)o3)C2=O)cc1. The number of imide groups is 1. The van der Waals surface area contributed by atoms with Gasteiger partial charge in [-0.25, -0.2) is 0 Å². The van der Waals surface area contributed by atoms with Gasteiger partial charge >= 0.3 is 0 Å². The first-order valence-electron chi connectivity index (χ1n) is 9.52. The van der Waals surface area contributed by atoms with Crippen molar-refractivity contribution in [3.63, 3.8) is 0 Å². The van der Waals surface area contributed by atoms with E-state index in [-0.39, 0.29) is 11.4 Å². The lowest BCUT2D eigenvalue weighted by atomic mass is 10.2. The second-order valence-electron chi connectivity index (χ2n) is 6.89. The second-order valence-corrected chi connectivity index (χ2v) is 9.40. The predicted octanol–water partition coefficient (Wildman–Crippen LogP) is 6.07. The highest BCUT2D eigenvalue weighted by Gasteiger charge is 2.36. The highest BCUT2D eigenvalue weighted by Crippen LogP contribution is 2.34. The quantitative estimate of drug-likeness (QED) is 0.428. The number of amides is 3. The van der Waals surface area contributed by atoms with Gasteiger partial charge in [-0.05, 0) is 67.2 Å². The molecule has 3 amide bonds. The highest BCUT2D eigenvalue weighted by atomic mass is 35.5. The van der Waals surface area contributed by atoms with Crippen LogP contribution in [0, 0.1) is 6.92 Å². The number of anilines is 1. The molecule has 6 nitrogen and oxygen atoms in total. The van der Waals surface area contributed by atoms with Crippen LogP contribution in [0.25, 0.3) is 6.08 Å². The fourth-order valence-electron chi connectivity index (χ4n) is 2.83. The Bertz CT molecular complexity index is 1200. The molecule has 0 unspecified atom stereocenters. The van der Waals surface area contributed by atoms with E-state index in [4.69, 9.17) is 16.0 Å². The summed E-state index contributed by atoms with van der Waals surface area (Å²) in [5, 5.41) is 3.48. The minimum atomic E-state index is -0.526. The minimum Gasteiger partial charge on any atom is -0.450 e. The number of aryl methyl sites for hydroxylation is 1. The maximum Gasteiger partial charge on any atom is 0.294 e. The summed E-state index contributed by atoms with van der Waals surface area (Å²) in [4.78, 5) is 39.3. The van der Waals surface area contributed by atoms with Crippen molar-refractivity contribution in [2.75, 3.05) is 11.9 Å². The third-order valence-corrected chi connectivity index (χ3v) is 6.51. The molecule has 9 heteroatoms. The number of nitrogens with zero attached hydrogens (tertiary/aromatic N) is 1.